The lowest BCUT2D eigenvalue weighted by Crippen LogP contribution is -2.70. The maximum Gasteiger partial charge on any atom is 0.317 e. The lowest BCUT2D eigenvalue weighted by Gasteiger charge is -2.50. The summed E-state index contributed by atoms with van der Waals surface area (Å²) in [4.78, 5) is 12.4. The molecule has 1 aromatic rings. The average molecular weight is 371 g/mol. The zero-order chi connectivity index (χ0) is 15.2. The third-order valence-electron chi connectivity index (χ3n) is 3.74. The van der Waals surface area contributed by atoms with Crippen LogP contribution in [-0.4, -0.2) is 23.4 Å². The minimum absolute atomic E-state index is 0.274. The zero-order valence-electron chi connectivity index (χ0n) is 11.6. The average Bonchev–Trinajstić information content (AvgIpc) is 2.38. The van der Waals surface area contributed by atoms with Crippen molar-refractivity contribution >= 4 is 39.2 Å². The number of ether oxygens (including phenoxy) is 2. The highest BCUT2D eigenvalue weighted by Gasteiger charge is 2.55. The Morgan fingerprint density at radius 2 is 2.33 bits per heavy atom. The monoisotopic (exact) mass is 370 g/mol. The first-order chi connectivity index (χ1) is 9.94. The van der Waals surface area contributed by atoms with E-state index in [2.05, 4.69) is 26.6 Å². The van der Waals surface area contributed by atoms with E-state index in [1.165, 1.54) is 0 Å². The minimum Gasteiger partial charge on any atom is -0.467 e. The first-order valence-corrected chi connectivity index (χ1v) is 7.88. The fourth-order valence-electron chi connectivity index (χ4n) is 2.90. The molecule has 0 radical (unpaired) electrons. The van der Waals surface area contributed by atoms with E-state index in [0.717, 1.165) is 15.8 Å². The van der Waals surface area contributed by atoms with Crippen LogP contribution >= 0.6 is 28.1 Å². The van der Waals surface area contributed by atoms with Gasteiger partial charge in [-0.2, -0.15) is 0 Å². The van der Waals surface area contributed by atoms with Gasteiger partial charge in [-0.15, -0.1) is 0 Å². The second kappa shape index (κ2) is 5.14. The van der Waals surface area contributed by atoms with Gasteiger partial charge in [-0.1, -0.05) is 15.9 Å². The van der Waals surface area contributed by atoms with Crippen LogP contribution < -0.4 is 15.4 Å². The fourth-order valence-corrected chi connectivity index (χ4v) is 3.61. The van der Waals surface area contributed by atoms with Crippen molar-refractivity contribution in [1.29, 1.82) is 0 Å². The number of fused-ring (bicyclic) bond motifs is 4. The first kappa shape index (κ1) is 14.6. The number of nitrogens with one attached hydrogen (secondary N) is 2. The molecule has 2 heterocycles. The Kier molecular flexibility index (Phi) is 3.57. The number of carbonyl (C=O) groups excluding carboxylic acids is 1. The maximum atomic E-state index is 12.4. The maximum absolute atomic E-state index is 12.4. The molecule has 5 nitrogen and oxygen atoms in total. The van der Waals surface area contributed by atoms with Gasteiger partial charge in [0.05, 0.1) is 12.6 Å². The molecule has 1 fully saturated rings. The summed E-state index contributed by atoms with van der Waals surface area (Å²) in [5.74, 6) is -0.0992. The van der Waals surface area contributed by atoms with Crippen molar-refractivity contribution in [3.63, 3.8) is 0 Å². The van der Waals surface area contributed by atoms with Crippen molar-refractivity contribution in [1.82, 2.24) is 10.6 Å². The van der Waals surface area contributed by atoms with Crippen LogP contribution in [0.2, 0.25) is 0 Å². The molecular weight excluding hydrogens is 356 g/mol. The normalized spacial score (nSPS) is 29.6. The third-order valence-corrected chi connectivity index (χ3v) is 4.46. The van der Waals surface area contributed by atoms with Crippen molar-refractivity contribution in [2.75, 3.05) is 6.61 Å². The molecule has 0 amide bonds. The predicted molar refractivity (Wildman–Crippen MR) is 84.9 cm³/mol. The summed E-state index contributed by atoms with van der Waals surface area (Å²) in [5.41, 5.74) is -0.0242. The van der Waals surface area contributed by atoms with Gasteiger partial charge >= 0.3 is 5.97 Å². The Balaban J connectivity index is 2.10. The lowest BCUT2D eigenvalue weighted by atomic mass is 9.80. The van der Waals surface area contributed by atoms with Gasteiger partial charge in [0.25, 0.3) is 0 Å². The molecule has 2 aliphatic heterocycles. The Hall–Kier alpha value is -1.34. The Morgan fingerprint density at radius 3 is 3.05 bits per heavy atom. The van der Waals surface area contributed by atoms with Crippen molar-refractivity contribution in [2.24, 2.45) is 5.92 Å². The Labute approximate surface area is 136 Å². The Morgan fingerprint density at radius 1 is 1.57 bits per heavy atom. The van der Waals surface area contributed by atoms with Crippen molar-refractivity contribution in [3.05, 3.63) is 28.2 Å². The van der Waals surface area contributed by atoms with Crippen molar-refractivity contribution in [2.45, 2.75) is 25.6 Å². The van der Waals surface area contributed by atoms with Gasteiger partial charge in [0, 0.05) is 10.0 Å². The van der Waals surface area contributed by atoms with Gasteiger partial charge in [-0.05, 0) is 44.3 Å². The summed E-state index contributed by atoms with van der Waals surface area (Å²) in [6.07, 6.45) is 0. The standard InChI is InChI=1S/C14H15BrN2O3S/c1-3-19-12(18)10-11-8-6-7(15)4-5-9(8)20-14(10,2)17-13(21)16-11/h4-6,10-11H,3H2,1-2H3,(H2,16,17,21)/t10?,11-,14+/m1/s1. The van der Waals surface area contributed by atoms with Crippen LogP contribution in [-0.2, 0) is 9.53 Å². The van der Waals surface area contributed by atoms with E-state index in [1.54, 1.807) is 6.92 Å². The van der Waals surface area contributed by atoms with E-state index in [1.807, 2.05) is 25.1 Å². The molecule has 0 aromatic heterocycles. The van der Waals surface area contributed by atoms with Crippen LogP contribution in [0.25, 0.3) is 0 Å². The van der Waals surface area contributed by atoms with Crippen LogP contribution in [0.15, 0.2) is 22.7 Å². The molecule has 3 atom stereocenters. The number of esters is 1. The number of rotatable bonds is 2. The molecule has 2 aliphatic rings. The first-order valence-electron chi connectivity index (χ1n) is 6.68. The van der Waals surface area contributed by atoms with Gasteiger partial charge in [-0.25, -0.2) is 0 Å². The summed E-state index contributed by atoms with van der Waals surface area (Å²) in [6, 6.07) is 5.45. The van der Waals surface area contributed by atoms with E-state index in [-0.39, 0.29) is 12.0 Å². The highest BCUT2D eigenvalue weighted by atomic mass is 79.9. The summed E-state index contributed by atoms with van der Waals surface area (Å²) in [6.45, 7) is 3.93. The summed E-state index contributed by atoms with van der Waals surface area (Å²) in [5, 5.41) is 6.69. The number of carbonyl (C=O) groups is 1. The molecule has 0 spiro atoms. The van der Waals surface area contributed by atoms with Gasteiger partial charge < -0.3 is 20.1 Å². The topological polar surface area (TPSA) is 59.6 Å². The minimum atomic E-state index is -0.917. The largest absolute Gasteiger partial charge is 0.467 e. The van der Waals surface area contributed by atoms with E-state index in [4.69, 9.17) is 21.7 Å². The predicted octanol–water partition coefficient (Wildman–Crippen LogP) is 2.26. The van der Waals surface area contributed by atoms with Gasteiger partial charge in [0.15, 0.2) is 10.8 Å². The molecule has 3 rings (SSSR count). The summed E-state index contributed by atoms with van der Waals surface area (Å²) in [7, 11) is 0. The number of hydrogen-bond donors (Lipinski definition) is 2. The van der Waals surface area contributed by atoms with Crippen LogP contribution in [0, 0.1) is 5.92 Å². The van der Waals surface area contributed by atoms with Gasteiger partial charge in [-0.3, -0.25) is 4.79 Å². The quantitative estimate of drug-likeness (QED) is 0.615. The molecule has 1 unspecified atom stereocenters. The SMILES string of the molecule is CCOC(=O)C1[C@@H]2NC(=S)N[C@@]1(C)Oc1ccc(Br)cc12. The van der Waals surface area contributed by atoms with Crippen LogP contribution in [0.1, 0.15) is 25.5 Å². The fraction of sp³-hybridized carbons (Fsp3) is 0.429. The third kappa shape index (κ3) is 2.38. The molecule has 2 N–H and O–H groups in total. The van der Waals surface area contributed by atoms with Crippen LogP contribution in [0.5, 0.6) is 5.75 Å². The molecular formula is C14H15BrN2O3S. The smallest absolute Gasteiger partial charge is 0.317 e. The van der Waals surface area contributed by atoms with Gasteiger partial charge in [0.1, 0.15) is 11.7 Å². The summed E-state index contributed by atoms with van der Waals surface area (Å²) < 4.78 is 12.2. The van der Waals surface area contributed by atoms with Crippen LogP contribution in [0.3, 0.4) is 0 Å². The zero-order valence-corrected chi connectivity index (χ0v) is 14.0. The molecule has 1 saturated heterocycles. The second-order valence-electron chi connectivity index (χ2n) is 5.20. The molecule has 21 heavy (non-hydrogen) atoms. The summed E-state index contributed by atoms with van der Waals surface area (Å²) >= 11 is 8.68. The number of hydrogen-bond acceptors (Lipinski definition) is 4. The van der Waals surface area contributed by atoms with Crippen LogP contribution in [0.4, 0.5) is 0 Å². The number of benzene rings is 1. The molecule has 2 bridgehead atoms. The lowest BCUT2D eigenvalue weighted by molar-refractivity contribution is -0.162. The van der Waals surface area contributed by atoms with Crippen molar-refractivity contribution < 1.29 is 14.3 Å². The van der Waals surface area contributed by atoms with Crippen molar-refractivity contribution in [3.8, 4) is 5.75 Å². The molecule has 7 heteroatoms. The second-order valence-corrected chi connectivity index (χ2v) is 6.52. The molecule has 1 aromatic carbocycles. The van der Waals surface area contributed by atoms with E-state index >= 15 is 0 Å². The van der Waals surface area contributed by atoms with E-state index < -0.39 is 11.6 Å². The van der Waals surface area contributed by atoms with E-state index in [9.17, 15) is 4.79 Å². The molecule has 0 aliphatic carbocycles. The van der Waals surface area contributed by atoms with Gasteiger partial charge in [0.2, 0.25) is 0 Å². The molecule has 112 valence electrons. The molecule has 0 saturated carbocycles. The number of halogens is 1. The highest BCUT2D eigenvalue weighted by molar-refractivity contribution is 9.10. The van der Waals surface area contributed by atoms with E-state index in [0.29, 0.717) is 11.7 Å². The Bertz CT molecular complexity index is 624. The number of thiocarbonyl (C=S) groups is 1. The highest BCUT2D eigenvalue weighted by Crippen LogP contribution is 2.45.